The lowest BCUT2D eigenvalue weighted by Crippen LogP contribution is -2.21. The molecule has 3 rings (SSSR count). The summed E-state index contributed by atoms with van der Waals surface area (Å²) in [5.74, 6) is -1.02. The highest BCUT2D eigenvalue weighted by atomic mass is 35.5. The largest absolute Gasteiger partial charge is 0.325 e. The van der Waals surface area contributed by atoms with E-state index in [1.807, 2.05) is 32.0 Å². The molecule has 130 valence electrons. The van der Waals surface area contributed by atoms with Crippen LogP contribution in [-0.4, -0.2) is 11.8 Å². The van der Waals surface area contributed by atoms with E-state index >= 15 is 0 Å². The summed E-state index contributed by atoms with van der Waals surface area (Å²) < 4.78 is 0. The fourth-order valence-electron chi connectivity index (χ4n) is 2.83. The zero-order chi connectivity index (χ0) is 18.1. The van der Waals surface area contributed by atoms with Gasteiger partial charge < -0.3 is 10.6 Å². The average molecular weight is 377 g/mol. The van der Waals surface area contributed by atoms with Crippen molar-refractivity contribution in [2.24, 2.45) is 11.8 Å². The van der Waals surface area contributed by atoms with Gasteiger partial charge in [0.2, 0.25) is 11.8 Å². The molecule has 0 heterocycles. The predicted octanol–water partition coefficient (Wildman–Crippen LogP) is 4.82. The minimum atomic E-state index is -0.348. The van der Waals surface area contributed by atoms with E-state index in [4.69, 9.17) is 23.2 Å². The maximum Gasteiger partial charge on any atom is 0.228 e. The summed E-state index contributed by atoms with van der Waals surface area (Å²) in [6.45, 7) is 3.89. The minimum absolute atomic E-state index is 0.130. The maximum absolute atomic E-state index is 12.4. The highest BCUT2D eigenvalue weighted by Gasteiger charge is 2.48. The zero-order valence-electron chi connectivity index (χ0n) is 13.9. The van der Waals surface area contributed by atoms with Crippen molar-refractivity contribution in [1.29, 1.82) is 0 Å². The number of nitrogens with one attached hydrogen (secondary N) is 2. The number of anilines is 2. The smallest absolute Gasteiger partial charge is 0.228 e. The third-order valence-corrected chi connectivity index (χ3v) is 5.22. The SMILES string of the molecule is Cc1cccc(C)c1NC(=O)C1CC1C(=O)Nc1cccc(Cl)c1Cl. The third kappa shape index (κ3) is 3.80. The fraction of sp³-hybridized carbons (Fsp3) is 0.263. The Labute approximate surface area is 156 Å². The summed E-state index contributed by atoms with van der Waals surface area (Å²) in [5, 5.41) is 6.37. The number of benzene rings is 2. The molecule has 2 aromatic rings. The number of aryl methyl sites for hydroxylation is 2. The van der Waals surface area contributed by atoms with Crippen molar-refractivity contribution in [3.05, 3.63) is 57.6 Å². The number of halogens is 2. The molecule has 0 spiro atoms. The highest BCUT2D eigenvalue weighted by Crippen LogP contribution is 2.41. The van der Waals surface area contributed by atoms with Gasteiger partial charge in [0.05, 0.1) is 27.6 Å². The van der Waals surface area contributed by atoms with E-state index in [1.165, 1.54) is 0 Å². The molecule has 2 unspecified atom stereocenters. The Kier molecular flexibility index (Phi) is 5.02. The lowest BCUT2D eigenvalue weighted by molar-refractivity contribution is -0.122. The van der Waals surface area contributed by atoms with Crippen LogP contribution in [0.1, 0.15) is 17.5 Å². The molecule has 0 aliphatic heterocycles. The quantitative estimate of drug-likeness (QED) is 0.802. The van der Waals surface area contributed by atoms with E-state index in [1.54, 1.807) is 18.2 Å². The molecule has 4 nitrogen and oxygen atoms in total. The van der Waals surface area contributed by atoms with Gasteiger partial charge in [-0.15, -0.1) is 0 Å². The summed E-state index contributed by atoms with van der Waals surface area (Å²) >= 11 is 12.0. The molecule has 1 aliphatic carbocycles. The van der Waals surface area contributed by atoms with Gasteiger partial charge in [-0.2, -0.15) is 0 Å². The van der Waals surface area contributed by atoms with E-state index in [0.717, 1.165) is 16.8 Å². The molecule has 1 aliphatic rings. The minimum Gasteiger partial charge on any atom is -0.325 e. The van der Waals surface area contributed by atoms with Crippen LogP contribution in [0.5, 0.6) is 0 Å². The molecule has 1 saturated carbocycles. The molecule has 25 heavy (non-hydrogen) atoms. The predicted molar refractivity (Wildman–Crippen MR) is 101 cm³/mol. The number of rotatable bonds is 4. The first-order valence-corrected chi connectivity index (χ1v) is 8.76. The molecule has 6 heteroatoms. The van der Waals surface area contributed by atoms with E-state index in [0.29, 0.717) is 22.2 Å². The van der Waals surface area contributed by atoms with Crippen molar-refractivity contribution in [2.75, 3.05) is 10.6 Å². The van der Waals surface area contributed by atoms with Gasteiger partial charge in [0.15, 0.2) is 0 Å². The molecule has 0 saturated heterocycles. The summed E-state index contributed by atoms with van der Waals surface area (Å²) in [5.41, 5.74) is 3.28. The summed E-state index contributed by atoms with van der Waals surface area (Å²) in [4.78, 5) is 24.8. The van der Waals surface area contributed by atoms with Gasteiger partial charge in [0.1, 0.15) is 0 Å². The summed E-state index contributed by atoms with van der Waals surface area (Å²) in [6, 6.07) is 10.9. The summed E-state index contributed by atoms with van der Waals surface area (Å²) in [7, 11) is 0. The molecule has 2 atom stereocenters. The van der Waals surface area contributed by atoms with E-state index in [9.17, 15) is 9.59 Å². The Morgan fingerprint density at radius 3 is 2.12 bits per heavy atom. The maximum atomic E-state index is 12.4. The number of hydrogen-bond donors (Lipinski definition) is 2. The van der Waals surface area contributed by atoms with Crippen LogP contribution in [0.3, 0.4) is 0 Å². The number of carbonyl (C=O) groups is 2. The molecular formula is C19H18Cl2N2O2. The molecule has 0 aromatic heterocycles. The molecule has 2 amide bonds. The van der Waals surface area contributed by atoms with Crippen molar-refractivity contribution >= 4 is 46.4 Å². The molecule has 0 bridgehead atoms. The van der Waals surface area contributed by atoms with Crippen molar-refractivity contribution in [3.8, 4) is 0 Å². The standard InChI is InChI=1S/C19H18Cl2N2O2/c1-10-5-3-6-11(2)17(10)23-19(25)13-9-12(13)18(24)22-15-8-4-7-14(20)16(15)21/h3-8,12-13H,9H2,1-2H3,(H,22,24)(H,23,25). The van der Waals surface area contributed by atoms with Crippen molar-refractivity contribution in [2.45, 2.75) is 20.3 Å². The lowest BCUT2D eigenvalue weighted by atomic mass is 10.1. The second kappa shape index (κ2) is 7.06. The average Bonchev–Trinajstić information content (AvgIpc) is 3.36. The van der Waals surface area contributed by atoms with Gasteiger partial charge >= 0.3 is 0 Å². The zero-order valence-corrected chi connectivity index (χ0v) is 15.4. The lowest BCUT2D eigenvalue weighted by Gasteiger charge is -2.11. The Balaban J connectivity index is 1.63. The molecule has 2 N–H and O–H groups in total. The van der Waals surface area contributed by atoms with Crippen LogP contribution in [-0.2, 0) is 9.59 Å². The Morgan fingerprint density at radius 1 is 0.920 bits per heavy atom. The fourth-order valence-corrected chi connectivity index (χ4v) is 3.18. The normalized spacial score (nSPS) is 18.6. The van der Waals surface area contributed by atoms with Gasteiger partial charge in [-0.3, -0.25) is 9.59 Å². The van der Waals surface area contributed by atoms with Gasteiger partial charge in [-0.25, -0.2) is 0 Å². The Morgan fingerprint density at radius 2 is 1.48 bits per heavy atom. The van der Waals surface area contributed by atoms with Crippen LogP contribution in [0.4, 0.5) is 11.4 Å². The van der Waals surface area contributed by atoms with Crippen molar-refractivity contribution in [1.82, 2.24) is 0 Å². The number of para-hydroxylation sites is 1. The van der Waals surface area contributed by atoms with Crippen molar-refractivity contribution in [3.63, 3.8) is 0 Å². The first kappa shape index (κ1) is 17.8. The van der Waals surface area contributed by atoms with Gasteiger partial charge in [0.25, 0.3) is 0 Å². The molecule has 1 fully saturated rings. The van der Waals surface area contributed by atoms with Gasteiger partial charge in [-0.1, -0.05) is 47.5 Å². The summed E-state index contributed by atoms with van der Waals surface area (Å²) in [6.07, 6.45) is 0.529. The third-order valence-electron chi connectivity index (χ3n) is 4.40. The molecule has 0 radical (unpaired) electrons. The van der Waals surface area contributed by atoms with Crippen molar-refractivity contribution < 1.29 is 9.59 Å². The van der Waals surface area contributed by atoms with Crippen LogP contribution in [0.25, 0.3) is 0 Å². The van der Waals surface area contributed by atoms with Crippen LogP contribution >= 0.6 is 23.2 Å². The Bertz CT molecular complexity index is 831. The van der Waals surface area contributed by atoms with Crippen LogP contribution in [0.15, 0.2) is 36.4 Å². The number of hydrogen-bond acceptors (Lipinski definition) is 2. The second-order valence-corrected chi connectivity index (χ2v) is 7.08. The van der Waals surface area contributed by atoms with Crippen LogP contribution in [0, 0.1) is 25.7 Å². The first-order chi connectivity index (χ1) is 11.9. The van der Waals surface area contributed by atoms with Gasteiger partial charge in [0, 0.05) is 5.69 Å². The van der Waals surface area contributed by atoms with Crippen LogP contribution < -0.4 is 10.6 Å². The van der Waals surface area contributed by atoms with Crippen LogP contribution in [0.2, 0.25) is 10.0 Å². The Hall–Kier alpha value is -2.04. The number of amides is 2. The van der Waals surface area contributed by atoms with Gasteiger partial charge in [-0.05, 0) is 43.5 Å². The molecular weight excluding hydrogens is 359 g/mol. The second-order valence-electron chi connectivity index (χ2n) is 6.30. The topological polar surface area (TPSA) is 58.2 Å². The molecule has 2 aromatic carbocycles. The monoisotopic (exact) mass is 376 g/mol. The van der Waals surface area contributed by atoms with E-state index in [-0.39, 0.29) is 23.7 Å². The highest BCUT2D eigenvalue weighted by molar-refractivity contribution is 6.44. The van der Waals surface area contributed by atoms with E-state index < -0.39 is 0 Å². The number of carbonyl (C=O) groups excluding carboxylic acids is 2. The first-order valence-electron chi connectivity index (χ1n) is 8.00. The van der Waals surface area contributed by atoms with E-state index in [2.05, 4.69) is 10.6 Å².